The van der Waals surface area contributed by atoms with Crippen LogP contribution >= 0.6 is 31.9 Å². The topological polar surface area (TPSA) is 69.4 Å². The van der Waals surface area contributed by atoms with Gasteiger partial charge in [-0.05, 0) is 31.9 Å². The van der Waals surface area contributed by atoms with Crippen LogP contribution in [0.15, 0.2) is 15.0 Å². The van der Waals surface area contributed by atoms with E-state index in [0.717, 1.165) is 12.3 Å². The highest BCUT2D eigenvalue weighted by Crippen LogP contribution is 2.36. The Labute approximate surface area is 103 Å². The van der Waals surface area contributed by atoms with Gasteiger partial charge < -0.3 is 9.92 Å². The molecule has 4 nitrogen and oxygen atoms in total. The average Bonchev–Trinajstić information content (AvgIpc) is 2.08. The summed E-state index contributed by atoms with van der Waals surface area (Å²) >= 11 is 5.93. The van der Waals surface area contributed by atoms with Crippen molar-refractivity contribution >= 4 is 47.7 Å². The first kappa shape index (κ1) is 12.7. The molecule has 0 atom stereocenters. The minimum Gasteiger partial charge on any atom is -0.397 e. The highest BCUT2D eigenvalue weighted by molar-refractivity contribution is 9.11. The summed E-state index contributed by atoms with van der Waals surface area (Å²) in [5.74, 6) is -1.27. The van der Waals surface area contributed by atoms with Crippen molar-refractivity contribution < 1.29 is 17.0 Å². The van der Waals surface area contributed by atoms with Crippen LogP contribution in [-0.4, -0.2) is 14.7 Å². The average molecular weight is 363 g/mol. The quantitative estimate of drug-likeness (QED) is 0.497. The van der Waals surface area contributed by atoms with E-state index < -0.39 is 21.7 Å². The van der Waals surface area contributed by atoms with E-state index in [1.54, 1.807) is 0 Å². The van der Waals surface area contributed by atoms with E-state index in [1.165, 1.54) is 0 Å². The van der Waals surface area contributed by atoms with Gasteiger partial charge in [0.15, 0.2) is 11.6 Å². The first-order valence-electron chi connectivity index (χ1n) is 3.55. The monoisotopic (exact) mass is 361 g/mol. The van der Waals surface area contributed by atoms with E-state index in [-0.39, 0.29) is 10.2 Å². The first-order chi connectivity index (χ1) is 6.72. The lowest BCUT2D eigenvalue weighted by atomic mass is 10.3. The molecule has 0 aliphatic rings. The number of rotatable bonds is 2. The Morgan fingerprint density at radius 1 is 1.47 bits per heavy atom. The Bertz CT molecular complexity index is 503. The van der Waals surface area contributed by atoms with Gasteiger partial charge in [0.1, 0.15) is 0 Å². The Kier molecular flexibility index (Phi) is 3.62. The minimum absolute atomic E-state index is 0.0458. The van der Waals surface area contributed by atoms with Crippen LogP contribution in [0.3, 0.4) is 0 Å². The van der Waals surface area contributed by atoms with Crippen molar-refractivity contribution in [2.45, 2.75) is 0 Å². The molecule has 0 fully saturated rings. The Hall–Kier alpha value is -0.340. The van der Waals surface area contributed by atoms with Crippen molar-refractivity contribution in [1.29, 1.82) is 0 Å². The van der Waals surface area contributed by atoms with Crippen molar-refractivity contribution in [3.8, 4) is 5.75 Å². The molecule has 0 bridgehead atoms. The molecule has 0 saturated heterocycles. The lowest BCUT2D eigenvalue weighted by molar-refractivity contribution is 0.465. The molecule has 2 N–H and O–H groups in total. The van der Waals surface area contributed by atoms with Gasteiger partial charge in [0.2, 0.25) is 0 Å². The normalized spacial score (nSPS) is 11.5. The van der Waals surface area contributed by atoms with E-state index in [0.29, 0.717) is 4.47 Å². The van der Waals surface area contributed by atoms with E-state index in [2.05, 4.69) is 36.0 Å². The van der Waals surface area contributed by atoms with Crippen molar-refractivity contribution in [1.82, 2.24) is 0 Å². The van der Waals surface area contributed by atoms with Crippen molar-refractivity contribution in [3.05, 3.63) is 20.8 Å². The van der Waals surface area contributed by atoms with Crippen LogP contribution in [0.1, 0.15) is 0 Å². The third-order valence-corrected chi connectivity index (χ3v) is 3.32. The summed E-state index contributed by atoms with van der Waals surface area (Å²) in [6.07, 6.45) is 0.824. The Balaban J connectivity index is 3.33. The second kappa shape index (κ2) is 4.26. The van der Waals surface area contributed by atoms with E-state index in [4.69, 9.17) is 5.73 Å². The molecule has 0 aliphatic heterocycles. The summed E-state index contributed by atoms with van der Waals surface area (Å²) in [5, 5.41) is 0. The number of hydrogen-bond acceptors (Lipinski definition) is 4. The SMILES string of the molecule is CS(=O)(=O)Oc1cc(Br)c(N)c(Br)c1F. The maximum atomic E-state index is 13.4. The van der Waals surface area contributed by atoms with Gasteiger partial charge in [-0.25, -0.2) is 4.39 Å². The largest absolute Gasteiger partial charge is 0.397 e. The fourth-order valence-electron chi connectivity index (χ4n) is 0.811. The summed E-state index contributed by atoms with van der Waals surface area (Å²) in [6.45, 7) is 0. The third kappa shape index (κ3) is 3.05. The van der Waals surface area contributed by atoms with Gasteiger partial charge in [0, 0.05) is 10.5 Å². The highest BCUT2D eigenvalue weighted by atomic mass is 79.9. The molecule has 0 heterocycles. The summed E-state index contributed by atoms with van der Waals surface area (Å²) in [4.78, 5) is 0. The molecule has 1 aromatic carbocycles. The molecule has 0 radical (unpaired) electrons. The standard InChI is InChI=1S/C7H6Br2FNO3S/c1-15(12,13)14-4-2-3(8)7(11)5(9)6(4)10/h2H,11H2,1H3. The van der Waals surface area contributed by atoms with Gasteiger partial charge in [0.05, 0.1) is 16.4 Å². The molecular formula is C7H6Br2FNO3S. The second-order valence-electron chi connectivity index (χ2n) is 2.69. The zero-order chi connectivity index (χ0) is 11.8. The summed E-state index contributed by atoms with van der Waals surface area (Å²) in [6, 6.07) is 1.15. The van der Waals surface area contributed by atoms with Crippen molar-refractivity contribution in [2.24, 2.45) is 0 Å². The van der Waals surface area contributed by atoms with Gasteiger partial charge in [-0.1, -0.05) is 0 Å². The number of nitrogens with two attached hydrogens (primary N) is 1. The molecular weight excluding hydrogens is 357 g/mol. The van der Waals surface area contributed by atoms with Gasteiger partial charge >= 0.3 is 10.1 Å². The van der Waals surface area contributed by atoms with Crippen LogP contribution in [0, 0.1) is 5.82 Å². The van der Waals surface area contributed by atoms with Crippen molar-refractivity contribution in [3.63, 3.8) is 0 Å². The molecule has 1 aromatic rings. The van der Waals surface area contributed by atoms with Crippen LogP contribution in [0.2, 0.25) is 0 Å². The van der Waals surface area contributed by atoms with Gasteiger partial charge in [-0.3, -0.25) is 0 Å². The summed E-state index contributed by atoms with van der Waals surface area (Å²) in [7, 11) is -3.77. The van der Waals surface area contributed by atoms with E-state index in [1.807, 2.05) is 0 Å². The molecule has 0 amide bonds. The smallest absolute Gasteiger partial charge is 0.306 e. The van der Waals surface area contributed by atoms with Crippen LogP contribution < -0.4 is 9.92 Å². The maximum Gasteiger partial charge on any atom is 0.306 e. The number of nitrogen functional groups attached to an aromatic ring is 1. The predicted molar refractivity (Wildman–Crippen MR) is 61.7 cm³/mol. The third-order valence-electron chi connectivity index (χ3n) is 1.40. The van der Waals surface area contributed by atoms with Crippen LogP contribution in [0.5, 0.6) is 5.75 Å². The molecule has 15 heavy (non-hydrogen) atoms. The lowest BCUT2D eigenvalue weighted by Crippen LogP contribution is -2.08. The number of halogens is 3. The first-order valence-corrected chi connectivity index (χ1v) is 6.95. The maximum absolute atomic E-state index is 13.4. The van der Waals surface area contributed by atoms with Crippen LogP contribution in [0.4, 0.5) is 10.1 Å². The minimum atomic E-state index is -3.77. The molecule has 0 aliphatic carbocycles. The molecule has 0 unspecified atom stereocenters. The van der Waals surface area contributed by atoms with Gasteiger partial charge in [-0.15, -0.1) is 0 Å². The molecule has 1 rings (SSSR count). The molecule has 84 valence electrons. The van der Waals surface area contributed by atoms with Gasteiger partial charge in [0.25, 0.3) is 0 Å². The fraction of sp³-hybridized carbons (Fsp3) is 0.143. The van der Waals surface area contributed by atoms with Crippen molar-refractivity contribution in [2.75, 3.05) is 12.0 Å². The summed E-state index contributed by atoms with van der Waals surface area (Å²) in [5.41, 5.74) is 5.61. The molecule has 0 spiro atoms. The molecule has 0 aromatic heterocycles. The predicted octanol–water partition coefficient (Wildman–Crippen LogP) is 2.27. The van der Waals surface area contributed by atoms with E-state index >= 15 is 0 Å². The Morgan fingerprint density at radius 2 is 2.00 bits per heavy atom. The molecule has 8 heteroatoms. The Morgan fingerprint density at radius 3 is 2.47 bits per heavy atom. The lowest BCUT2D eigenvalue weighted by Gasteiger charge is -2.08. The van der Waals surface area contributed by atoms with Crippen LogP contribution in [0.25, 0.3) is 0 Å². The van der Waals surface area contributed by atoms with Gasteiger partial charge in [-0.2, -0.15) is 8.42 Å². The second-order valence-corrected chi connectivity index (χ2v) is 5.91. The summed E-state index contributed by atoms with van der Waals surface area (Å²) < 4.78 is 39.8. The fourth-order valence-corrected chi connectivity index (χ4v) is 2.34. The zero-order valence-corrected chi connectivity index (χ0v) is 11.4. The highest BCUT2D eigenvalue weighted by Gasteiger charge is 2.17. The molecule has 0 saturated carbocycles. The van der Waals surface area contributed by atoms with Crippen LogP contribution in [-0.2, 0) is 10.1 Å². The number of anilines is 1. The zero-order valence-electron chi connectivity index (χ0n) is 7.42. The van der Waals surface area contributed by atoms with E-state index in [9.17, 15) is 12.8 Å². The number of hydrogen-bond donors (Lipinski definition) is 1. The number of benzene rings is 1.